The Morgan fingerprint density at radius 1 is 1.36 bits per heavy atom. The van der Waals surface area contributed by atoms with Crippen LogP contribution in [0.1, 0.15) is 26.3 Å². The Labute approximate surface area is 150 Å². The maximum atomic E-state index is 12.0. The van der Waals surface area contributed by atoms with Gasteiger partial charge in [0.1, 0.15) is 12.4 Å². The first kappa shape index (κ1) is 19.7. The minimum Gasteiger partial charge on any atom is -0.497 e. The topological polar surface area (TPSA) is 60.0 Å². The number of rotatable bonds is 8. The highest BCUT2D eigenvalue weighted by Gasteiger charge is 2.25. The Balaban J connectivity index is 1.66. The number of methoxy groups -OCH3 is 1. The van der Waals surface area contributed by atoms with E-state index in [0.717, 1.165) is 24.4 Å². The number of nitrogens with one attached hydrogen (secondary N) is 1. The fourth-order valence-electron chi connectivity index (χ4n) is 3.04. The minimum absolute atomic E-state index is 0.0554. The third-order valence-corrected chi connectivity index (χ3v) is 4.30. The van der Waals surface area contributed by atoms with Crippen molar-refractivity contribution in [3.05, 3.63) is 29.8 Å². The van der Waals surface area contributed by atoms with Crippen molar-refractivity contribution < 1.29 is 19.0 Å². The molecule has 6 nitrogen and oxygen atoms in total. The smallest absolute Gasteiger partial charge is 0.246 e. The van der Waals surface area contributed by atoms with Crippen LogP contribution in [0.3, 0.4) is 0 Å². The molecule has 3 atom stereocenters. The Morgan fingerprint density at radius 3 is 2.76 bits per heavy atom. The van der Waals surface area contributed by atoms with Crippen LogP contribution >= 0.6 is 0 Å². The van der Waals surface area contributed by atoms with E-state index in [9.17, 15) is 4.79 Å². The van der Waals surface area contributed by atoms with Gasteiger partial charge in [-0.05, 0) is 38.5 Å². The lowest BCUT2D eigenvalue weighted by Gasteiger charge is -2.38. The van der Waals surface area contributed by atoms with Crippen LogP contribution in [0.5, 0.6) is 5.75 Å². The van der Waals surface area contributed by atoms with Crippen molar-refractivity contribution in [2.45, 2.75) is 45.6 Å². The Morgan fingerprint density at radius 2 is 2.08 bits per heavy atom. The van der Waals surface area contributed by atoms with E-state index in [2.05, 4.69) is 31.0 Å². The van der Waals surface area contributed by atoms with Crippen molar-refractivity contribution >= 4 is 5.91 Å². The summed E-state index contributed by atoms with van der Waals surface area (Å²) < 4.78 is 16.4. The van der Waals surface area contributed by atoms with Crippen molar-refractivity contribution in [1.82, 2.24) is 10.2 Å². The third-order valence-electron chi connectivity index (χ3n) is 4.30. The van der Waals surface area contributed by atoms with Gasteiger partial charge in [-0.2, -0.15) is 0 Å². The second kappa shape index (κ2) is 9.75. The van der Waals surface area contributed by atoms with Gasteiger partial charge in [0.2, 0.25) is 5.91 Å². The van der Waals surface area contributed by atoms with Crippen LogP contribution in [0, 0.1) is 0 Å². The highest BCUT2D eigenvalue weighted by atomic mass is 16.5. The van der Waals surface area contributed by atoms with Crippen LogP contribution < -0.4 is 10.1 Å². The zero-order valence-electron chi connectivity index (χ0n) is 15.7. The molecule has 0 bridgehead atoms. The third kappa shape index (κ3) is 6.65. The number of ether oxygens (including phenoxy) is 3. The fourth-order valence-corrected chi connectivity index (χ4v) is 3.04. The number of hydrogen-bond donors (Lipinski definition) is 1. The number of morpholine rings is 1. The first-order valence-corrected chi connectivity index (χ1v) is 8.84. The molecule has 1 aromatic rings. The first-order chi connectivity index (χ1) is 12.0. The molecule has 1 aliphatic rings. The number of carbonyl (C=O) groups is 1. The molecular formula is C19H30N2O4. The molecule has 6 heteroatoms. The standard InChI is InChI=1S/C19H30N2O4/c1-14(21-10-15(2)25-16(3)11-21)9-20-19(22)13-24-12-17-6-5-7-18(8-17)23-4/h5-8,14-16H,9-13H2,1-4H3,(H,20,22)/t14-,15+,16+/m0/s1. The summed E-state index contributed by atoms with van der Waals surface area (Å²) in [6, 6.07) is 7.91. The van der Waals surface area contributed by atoms with E-state index in [1.807, 2.05) is 24.3 Å². The summed E-state index contributed by atoms with van der Waals surface area (Å²) in [6.07, 6.45) is 0.459. The molecule has 0 unspecified atom stereocenters. The Hall–Kier alpha value is -1.63. The van der Waals surface area contributed by atoms with Crippen LogP contribution in [0.15, 0.2) is 24.3 Å². The molecular weight excluding hydrogens is 320 g/mol. The number of nitrogens with zero attached hydrogens (tertiary/aromatic N) is 1. The molecule has 1 fully saturated rings. The fraction of sp³-hybridized carbons (Fsp3) is 0.632. The lowest BCUT2D eigenvalue weighted by Crippen LogP contribution is -2.52. The molecule has 2 rings (SSSR count). The van der Waals surface area contributed by atoms with Gasteiger partial charge in [-0.3, -0.25) is 9.69 Å². The summed E-state index contributed by atoms with van der Waals surface area (Å²) in [6.45, 7) is 9.14. The number of amides is 1. The minimum atomic E-state index is -0.0934. The molecule has 0 spiro atoms. The van der Waals surface area contributed by atoms with Gasteiger partial charge in [0.05, 0.1) is 25.9 Å². The van der Waals surface area contributed by atoms with Gasteiger partial charge in [0, 0.05) is 25.7 Å². The molecule has 140 valence electrons. The van der Waals surface area contributed by atoms with Crippen molar-refractivity contribution in [1.29, 1.82) is 0 Å². The second-order valence-electron chi connectivity index (χ2n) is 6.71. The van der Waals surface area contributed by atoms with Crippen molar-refractivity contribution in [2.24, 2.45) is 0 Å². The monoisotopic (exact) mass is 350 g/mol. The molecule has 1 heterocycles. The number of benzene rings is 1. The molecule has 25 heavy (non-hydrogen) atoms. The highest BCUT2D eigenvalue weighted by Crippen LogP contribution is 2.14. The average molecular weight is 350 g/mol. The first-order valence-electron chi connectivity index (χ1n) is 8.84. The second-order valence-corrected chi connectivity index (χ2v) is 6.71. The van der Waals surface area contributed by atoms with Gasteiger partial charge in [-0.25, -0.2) is 0 Å². The molecule has 1 N–H and O–H groups in total. The molecule has 0 aromatic heterocycles. The lowest BCUT2D eigenvalue weighted by atomic mass is 10.2. The van der Waals surface area contributed by atoms with Gasteiger partial charge in [-0.15, -0.1) is 0 Å². The van der Waals surface area contributed by atoms with Gasteiger partial charge in [-0.1, -0.05) is 12.1 Å². The van der Waals surface area contributed by atoms with Crippen LogP contribution in [0.25, 0.3) is 0 Å². The van der Waals surface area contributed by atoms with Crippen LogP contribution in [-0.2, 0) is 20.9 Å². The average Bonchev–Trinajstić information content (AvgIpc) is 2.59. The SMILES string of the molecule is COc1cccc(COCC(=O)NC[C@H](C)N2C[C@@H](C)O[C@H](C)C2)c1. The molecule has 0 saturated carbocycles. The quantitative estimate of drug-likeness (QED) is 0.775. The lowest BCUT2D eigenvalue weighted by molar-refractivity contribution is -0.126. The molecule has 1 aliphatic heterocycles. The number of carbonyl (C=O) groups excluding carboxylic acids is 1. The van der Waals surface area contributed by atoms with E-state index < -0.39 is 0 Å². The number of hydrogen-bond acceptors (Lipinski definition) is 5. The Bertz CT molecular complexity index is 542. The van der Waals surface area contributed by atoms with E-state index in [0.29, 0.717) is 13.2 Å². The van der Waals surface area contributed by atoms with Gasteiger partial charge in [0.15, 0.2) is 0 Å². The van der Waals surface area contributed by atoms with Gasteiger partial charge < -0.3 is 19.5 Å². The maximum Gasteiger partial charge on any atom is 0.246 e. The van der Waals surface area contributed by atoms with Crippen molar-refractivity contribution in [3.8, 4) is 5.75 Å². The van der Waals surface area contributed by atoms with Crippen LogP contribution in [-0.4, -0.2) is 62.4 Å². The van der Waals surface area contributed by atoms with Crippen molar-refractivity contribution in [2.75, 3.05) is 33.4 Å². The molecule has 1 aromatic carbocycles. The predicted octanol–water partition coefficient (Wildman–Crippen LogP) is 1.83. The molecule has 1 saturated heterocycles. The Kier molecular flexibility index (Phi) is 7.68. The summed E-state index contributed by atoms with van der Waals surface area (Å²) in [5.41, 5.74) is 0.983. The van der Waals surface area contributed by atoms with Crippen LogP contribution in [0.4, 0.5) is 0 Å². The summed E-state index contributed by atoms with van der Waals surface area (Å²) in [5, 5.41) is 2.95. The maximum absolute atomic E-state index is 12.0. The van der Waals surface area contributed by atoms with E-state index in [1.54, 1.807) is 7.11 Å². The molecule has 0 aliphatic carbocycles. The van der Waals surface area contributed by atoms with Gasteiger partial charge in [0.25, 0.3) is 0 Å². The predicted molar refractivity (Wildman–Crippen MR) is 96.7 cm³/mol. The van der Waals surface area contributed by atoms with E-state index in [-0.39, 0.29) is 30.8 Å². The van der Waals surface area contributed by atoms with E-state index >= 15 is 0 Å². The molecule has 0 radical (unpaired) electrons. The largest absolute Gasteiger partial charge is 0.497 e. The van der Waals surface area contributed by atoms with Crippen molar-refractivity contribution in [3.63, 3.8) is 0 Å². The normalized spacial score (nSPS) is 22.4. The summed E-state index contributed by atoms with van der Waals surface area (Å²) in [5.74, 6) is 0.692. The summed E-state index contributed by atoms with van der Waals surface area (Å²) >= 11 is 0. The zero-order chi connectivity index (χ0) is 18.2. The summed E-state index contributed by atoms with van der Waals surface area (Å²) in [4.78, 5) is 14.3. The highest BCUT2D eigenvalue weighted by molar-refractivity contribution is 5.77. The summed E-state index contributed by atoms with van der Waals surface area (Å²) in [7, 11) is 1.63. The molecule has 1 amide bonds. The van der Waals surface area contributed by atoms with Gasteiger partial charge >= 0.3 is 0 Å². The van der Waals surface area contributed by atoms with E-state index in [1.165, 1.54) is 0 Å². The van der Waals surface area contributed by atoms with Crippen LogP contribution in [0.2, 0.25) is 0 Å². The van der Waals surface area contributed by atoms with E-state index in [4.69, 9.17) is 14.2 Å². The zero-order valence-corrected chi connectivity index (χ0v) is 15.7.